The molecule has 0 spiro atoms. The van der Waals surface area contributed by atoms with E-state index >= 15 is 0 Å². The lowest BCUT2D eigenvalue weighted by Crippen LogP contribution is -2.47. The van der Waals surface area contributed by atoms with Crippen LogP contribution in [0.1, 0.15) is 71.1 Å². The van der Waals surface area contributed by atoms with Crippen molar-refractivity contribution in [3.63, 3.8) is 0 Å². The molecule has 1 rings (SSSR count). The van der Waals surface area contributed by atoms with Crippen molar-refractivity contribution in [1.29, 1.82) is 0 Å². The molecule has 0 amide bonds. The van der Waals surface area contributed by atoms with E-state index in [1.807, 2.05) is 0 Å². The van der Waals surface area contributed by atoms with Gasteiger partial charge in [0, 0.05) is 25.2 Å². The molecule has 0 heterocycles. The standard InChI is InChI=1S/C17H36N2O/c1-3-20-15-14-19(2)17-13-11-9-7-5-4-6-8-10-12-16(17)18/h16-17H,3-15,18H2,1-2H3. The van der Waals surface area contributed by atoms with Gasteiger partial charge in [-0.3, -0.25) is 4.90 Å². The van der Waals surface area contributed by atoms with Crippen LogP contribution in [0.25, 0.3) is 0 Å². The van der Waals surface area contributed by atoms with E-state index in [0.717, 1.165) is 19.8 Å². The van der Waals surface area contributed by atoms with Gasteiger partial charge >= 0.3 is 0 Å². The maximum atomic E-state index is 6.48. The molecule has 2 atom stereocenters. The fourth-order valence-corrected chi connectivity index (χ4v) is 3.27. The minimum absolute atomic E-state index is 0.334. The van der Waals surface area contributed by atoms with E-state index in [2.05, 4.69) is 18.9 Å². The van der Waals surface area contributed by atoms with Crippen molar-refractivity contribution in [3.8, 4) is 0 Å². The highest BCUT2D eigenvalue weighted by molar-refractivity contribution is 4.81. The van der Waals surface area contributed by atoms with Crippen molar-refractivity contribution in [2.45, 2.75) is 83.2 Å². The van der Waals surface area contributed by atoms with Crippen molar-refractivity contribution >= 4 is 0 Å². The summed E-state index contributed by atoms with van der Waals surface area (Å²) in [5.74, 6) is 0. The smallest absolute Gasteiger partial charge is 0.0593 e. The average Bonchev–Trinajstić information content (AvgIpc) is 2.43. The molecule has 0 aromatic rings. The summed E-state index contributed by atoms with van der Waals surface area (Å²) in [6.45, 7) is 4.70. The molecule has 1 aliphatic carbocycles. The van der Waals surface area contributed by atoms with E-state index in [1.165, 1.54) is 64.2 Å². The molecule has 0 bridgehead atoms. The molecule has 3 heteroatoms. The summed E-state index contributed by atoms with van der Waals surface area (Å²) in [6, 6.07) is 0.871. The predicted octanol–water partition coefficient (Wildman–Crippen LogP) is 3.57. The summed E-state index contributed by atoms with van der Waals surface area (Å²) in [6.07, 6.45) is 13.5. The van der Waals surface area contributed by atoms with E-state index in [1.54, 1.807) is 0 Å². The number of rotatable bonds is 5. The molecule has 1 fully saturated rings. The highest BCUT2D eigenvalue weighted by Crippen LogP contribution is 2.19. The second kappa shape index (κ2) is 11.5. The van der Waals surface area contributed by atoms with Gasteiger partial charge in [-0.2, -0.15) is 0 Å². The van der Waals surface area contributed by atoms with Crippen LogP contribution in [0.2, 0.25) is 0 Å². The van der Waals surface area contributed by atoms with Gasteiger partial charge in [-0.15, -0.1) is 0 Å². The zero-order valence-corrected chi connectivity index (χ0v) is 13.8. The number of hydrogen-bond acceptors (Lipinski definition) is 3. The van der Waals surface area contributed by atoms with Crippen LogP contribution in [0.5, 0.6) is 0 Å². The Morgan fingerprint density at radius 2 is 1.50 bits per heavy atom. The Labute approximate surface area is 126 Å². The first-order valence-electron chi connectivity index (χ1n) is 8.79. The minimum Gasteiger partial charge on any atom is -0.380 e. The molecule has 20 heavy (non-hydrogen) atoms. The molecule has 2 unspecified atom stereocenters. The number of nitrogens with two attached hydrogens (primary N) is 1. The summed E-state index contributed by atoms with van der Waals surface area (Å²) in [4.78, 5) is 2.44. The summed E-state index contributed by atoms with van der Waals surface area (Å²) < 4.78 is 5.48. The lowest BCUT2D eigenvalue weighted by Gasteiger charge is -2.33. The summed E-state index contributed by atoms with van der Waals surface area (Å²) >= 11 is 0. The SMILES string of the molecule is CCOCCN(C)C1CCCCCCCCCCC1N. The lowest BCUT2D eigenvalue weighted by molar-refractivity contribution is 0.0963. The summed E-state index contributed by atoms with van der Waals surface area (Å²) in [5.41, 5.74) is 6.48. The lowest BCUT2D eigenvalue weighted by atomic mass is 9.93. The minimum atomic E-state index is 0.334. The largest absolute Gasteiger partial charge is 0.380 e. The van der Waals surface area contributed by atoms with Gasteiger partial charge in [-0.25, -0.2) is 0 Å². The highest BCUT2D eigenvalue weighted by atomic mass is 16.5. The van der Waals surface area contributed by atoms with E-state index in [4.69, 9.17) is 10.5 Å². The second-order valence-electron chi connectivity index (χ2n) is 6.31. The quantitative estimate of drug-likeness (QED) is 0.784. The van der Waals surface area contributed by atoms with Crippen molar-refractivity contribution in [2.24, 2.45) is 5.73 Å². The molecular formula is C17H36N2O. The van der Waals surface area contributed by atoms with Gasteiger partial charge in [0.15, 0.2) is 0 Å². The summed E-state index contributed by atoms with van der Waals surface area (Å²) in [5, 5.41) is 0. The van der Waals surface area contributed by atoms with Gasteiger partial charge in [-0.05, 0) is 26.8 Å². The van der Waals surface area contributed by atoms with Crippen molar-refractivity contribution in [3.05, 3.63) is 0 Å². The molecule has 0 saturated heterocycles. The Bertz CT molecular complexity index is 219. The normalized spacial score (nSPS) is 27.0. The summed E-state index contributed by atoms with van der Waals surface area (Å²) in [7, 11) is 2.22. The van der Waals surface area contributed by atoms with Gasteiger partial charge in [0.2, 0.25) is 0 Å². The monoisotopic (exact) mass is 284 g/mol. The van der Waals surface area contributed by atoms with E-state index < -0.39 is 0 Å². The van der Waals surface area contributed by atoms with Crippen LogP contribution in [0.3, 0.4) is 0 Å². The highest BCUT2D eigenvalue weighted by Gasteiger charge is 2.21. The fraction of sp³-hybridized carbons (Fsp3) is 1.00. The van der Waals surface area contributed by atoms with Crippen LogP contribution in [0.15, 0.2) is 0 Å². The Kier molecular flexibility index (Phi) is 10.3. The van der Waals surface area contributed by atoms with E-state index in [9.17, 15) is 0 Å². The molecule has 3 nitrogen and oxygen atoms in total. The van der Waals surface area contributed by atoms with E-state index in [-0.39, 0.29) is 0 Å². The van der Waals surface area contributed by atoms with Crippen LogP contribution in [-0.4, -0.2) is 43.8 Å². The van der Waals surface area contributed by atoms with Crippen LogP contribution in [-0.2, 0) is 4.74 Å². The molecule has 0 aromatic carbocycles. The van der Waals surface area contributed by atoms with Gasteiger partial charge in [0.05, 0.1) is 6.61 Å². The maximum Gasteiger partial charge on any atom is 0.0593 e. The van der Waals surface area contributed by atoms with Crippen LogP contribution in [0, 0.1) is 0 Å². The van der Waals surface area contributed by atoms with Crippen molar-refractivity contribution in [2.75, 3.05) is 26.8 Å². The zero-order valence-electron chi connectivity index (χ0n) is 13.8. The molecular weight excluding hydrogens is 248 g/mol. The molecule has 0 aromatic heterocycles. The van der Waals surface area contributed by atoms with Crippen LogP contribution in [0.4, 0.5) is 0 Å². The topological polar surface area (TPSA) is 38.5 Å². The number of likely N-dealkylation sites (N-methyl/N-ethyl adjacent to an activating group) is 1. The Balaban J connectivity index is 2.42. The fourth-order valence-electron chi connectivity index (χ4n) is 3.27. The van der Waals surface area contributed by atoms with Gasteiger partial charge in [-0.1, -0.05) is 51.4 Å². The second-order valence-corrected chi connectivity index (χ2v) is 6.31. The molecule has 1 saturated carbocycles. The van der Waals surface area contributed by atoms with Crippen molar-refractivity contribution < 1.29 is 4.74 Å². The maximum absolute atomic E-state index is 6.48. The molecule has 0 aliphatic heterocycles. The van der Waals surface area contributed by atoms with E-state index in [0.29, 0.717) is 12.1 Å². The zero-order chi connectivity index (χ0) is 14.6. The first-order chi connectivity index (χ1) is 9.75. The van der Waals surface area contributed by atoms with Gasteiger partial charge in [0.25, 0.3) is 0 Å². The third kappa shape index (κ3) is 7.61. The third-order valence-electron chi connectivity index (χ3n) is 4.64. The molecule has 2 N–H and O–H groups in total. The van der Waals surface area contributed by atoms with Crippen LogP contribution < -0.4 is 5.73 Å². The van der Waals surface area contributed by atoms with Gasteiger partial charge < -0.3 is 10.5 Å². The first-order valence-corrected chi connectivity index (χ1v) is 8.79. The number of ether oxygens (including phenoxy) is 1. The molecule has 120 valence electrons. The van der Waals surface area contributed by atoms with Crippen molar-refractivity contribution in [1.82, 2.24) is 4.90 Å². The molecule has 1 aliphatic rings. The Hall–Kier alpha value is -0.120. The Morgan fingerprint density at radius 1 is 0.950 bits per heavy atom. The van der Waals surface area contributed by atoms with Gasteiger partial charge in [0.1, 0.15) is 0 Å². The number of hydrogen-bond donors (Lipinski definition) is 1. The van der Waals surface area contributed by atoms with Crippen LogP contribution >= 0.6 is 0 Å². The molecule has 0 radical (unpaired) electrons. The third-order valence-corrected chi connectivity index (χ3v) is 4.64. The number of nitrogens with zero attached hydrogens (tertiary/aromatic N) is 1. The first kappa shape index (κ1) is 17.9. The Morgan fingerprint density at radius 3 is 2.10 bits per heavy atom. The predicted molar refractivity (Wildman–Crippen MR) is 87.1 cm³/mol. The average molecular weight is 284 g/mol.